The number of hydrogen-bond acceptors (Lipinski definition) is 4. The summed E-state index contributed by atoms with van der Waals surface area (Å²) in [6, 6.07) is 15.4. The summed E-state index contributed by atoms with van der Waals surface area (Å²) in [5.74, 6) is -0.306. The summed E-state index contributed by atoms with van der Waals surface area (Å²) < 4.78 is 30.1. The molecule has 0 aliphatic heterocycles. The van der Waals surface area contributed by atoms with E-state index in [0.29, 0.717) is 6.54 Å². The van der Waals surface area contributed by atoms with E-state index in [1.165, 1.54) is 18.2 Å². The third kappa shape index (κ3) is 4.43. The maximum Gasteiger partial charge on any atom is 0.282 e. The van der Waals surface area contributed by atoms with Crippen molar-refractivity contribution in [1.29, 1.82) is 0 Å². The summed E-state index contributed by atoms with van der Waals surface area (Å²) in [5, 5.41) is 13.1. The molecule has 0 fully saturated rings. The van der Waals surface area contributed by atoms with Crippen molar-refractivity contribution in [2.45, 2.75) is 11.8 Å². The summed E-state index contributed by atoms with van der Waals surface area (Å²) in [6.07, 6.45) is 6.47. The molecular formula is C21H18BrN2O3S-. The molecule has 144 valence electrons. The van der Waals surface area contributed by atoms with Crippen molar-refractivity contribution in [2.75, 3.05) is 11.4 Å². The lowest BCUT2D eigenvalue weighted by Gasteiger charge is -2.32. The maximum absolute atomic E-state index is 13.1. The quantitative estimate of drug-likeness (QED) is 0.639. The summed E-state index contributed by atoms with van der Waals surface area (Å²) in [7, 11) is -3.95. The fourth-order valence-corrected chi connectivity index (χ4v) is 3.99. The number of nitrogens with zero attached hydrogens (tertiary/aromatic N) is 2. The molecule has 2 aromatic rings. The number of hydrogen-bond donors (Lipinski definition) is 0. The van der Waals surface area contributed by atoms with E-state index >= 15 is 0 Å². The van der Waals surface area contributed by atoms with Crippen LogP contribution in [-0.4, -0.2) is 20.7 Å². The van der Waals surface area contributed by atoms with Gasteiger partial charge in [0.05, 0.1) is 10.6 Å². The number of rotatable bonds is 5. The highest BCUT2D eigenvalue weighted by molar-refractivity contribution is 9.10. The van der Waals surface area contributed by atoms with Gasteiger partial charge in [-0.05, 0) is 55.3 Å². The monoisotopic (exact) mass is 457 g/mol. The van der Waals surface area contributed by atoms with Gasteiger partial charge in [-0.2, -0.15) is 12.8 Å². The molecule has 0 amide bonds. The lowest BCUT2D eigenvalue weighted by Crippen LogP contribution is -2.32. The minimum Gasteiger partial charge on any atom is -0.860 e. The summed E-state index contributed by atoms with van der Waals surface area (Å²) >= 11 is 3.28. The lowest BCUT2D eigenvalue weighted by molar-refractivity contribution is -0.306. The Hall–Kier alpha value is -2.64. The van der Waals surface area contributed by atoms with E-state index in [0.717, 1.165) is 10.2 Å². The third-order valence-corrected chi connectivity index (χ3v) is 5.93. The Morgan fingerprint density at radius 3 is 2.32 bits per heavy atom. The van der Waals surface area contributed by atoms with Gasteiger partial charge in [0.2, 0.25) is 0 Å². The fraction of sp³-hybridized carbons (Fsp3) is 0.0952. The van der Waals surface area contributed by atoms with E-state index < -0.39 is 10.0 Å². The zero-order valence-corrected chi connectivity index (χ0v) is 17.5. The SMILES string of the molecule is CCN(C([O-])=C1C=CC=CC1=NS(=O)(=O)c1ccc(Br)cc1)c1ccccc1. The number of para-hydroxylation sites is 1. The highest BCUT2D eigenvalue weighted by atomic mass is 79.9. The second kappa shape index (κ2) is 8.58. The Morgan fingerprint density at radius 1 is 1.04 bits per heavy atom. The lowest BCUT2D eigenvalue weighted by atomic mass is 10.1. The first-order valence-electron chi connectivity index (χ1n) is 8.62. The van der Waals surface area contributed by atoms with Crippen molar-refractivity contribution in [3.8, 4) is 0 Å². The van der Waals surface area contributed by atoms with Crippen molar-refractivity contribution in [3.05, 3.63) is 94.8 Å². The van der Waals surface area contributed by atoms with Gasteiger partial charge in [-0.1, -0.05) is 52.4 Å². The Labute approximate surface area is 173 Å². The van der Waals surface area contributed by atoms with Crippen LogP contribution in [0, 0.1) is 0 Å². The van der Waals surface area contributed by atoms with Gasteiger partial charge >= 0.3 is 0 Å². The predicted octanol–water partition coefficient (Wildman–Crippen LogP) is 3.80. The molecule has 0 bridgehead atoms. The normalized spacial score (nSPS) is 17.0. The van der Waals surface area contributed by atoms with Crippen LogP contribution >= 0.6 is 15.9 Å². The van der Waals surface area contributed by atoms with Crippen molar-refractivity contribution in [1.82, 2.24) is 0 Å². The molecule has 7 heteroatoms. The van der Waals surface area contributed by atoms with Crippen LogP contribution in [0.5, 0.6) is 0 Å². The molecule has 5 nitrogen and oxygen atoms in total. The molecule has 0 saturated heterocycles. The molecule has 0 aromatic heterocycles. The van der Waals surface area contributed by atoms with Gasteiger partial charge in [-0.15, -0.1) is 0 Å². The van der Waals surface area contributed by atoms with Crippen LogP contribution in [0.3, 0.4) is 0 Å². The summed E-state index contributed by atoms with van der Waals surface area (Å²) in [5.41, 5.74) is 1.08. The average Bonchev–Trinajstić information content (AvgIpc) is 2.70. The highest BCUT2D eigenvalue weighted by Gasteiger charge is 2.17. The van der Waals surface area contributed by atoms with Crippen LogP contribution in [0.4, 0.5) is 5.69 Å². The highest BCUT2D eigenvalue weighted by Crippen LogP contribution is 2.23. The van der Waals surface area contributed by atoms with Crippen LogP contribution in [0.1, 0.15) is 6.92 Å². The largest absolute Gasteiger partial charge is 0.860 e. The maximum atomic E-state index is 13.1. The molecule has 0 atom stereocenters. The molecule has 1 aliphatic carbocycles. The Bertz CT molecular complexity index is 1070. The van der Waals surface area contributed by atoms with Crippen molar-refractivity contribution in [2.24, 2.45) is 4.40 Å². The van der Waals surface area contributed by atoms with Gasteiger partial charge in [-0.25, -0.2) is 0 Å². The number of halogens is 1. The minimum absolute atomic E-state index is 0.0633. The van der Waals surface area contributed by atoms with Crippen molar-refractivity contribution >= 4 is 37.4 Å². The molecule has 0 heterocycles. The molecule has 0 saturated carbocycles. The Balaban J connectivity index is 2.06. The number of benzene rings is 2. The van der Waals surface area contributed by atoms with Crippen molar-refractivity contribution in [3.63, 3.8) is 0 Å². The minimum atomic E-state index is -3.95. The zero-order valence-electron chi connectivity index (χ0n) is 15.1. The van der Waals surface area contributed by atoms with Crippen LogP contribution in [-0.2, 0) is 10.0 Å². The van der Waals surface area contributed by atoms with Gasteiger partial charge in [0.15, 0.2) is 0 Å². The molecule has 28 heavy (non-hydrogen) atoms. The zero-order chi connectivity index (χ0) is 20.1. The van der Waals surface area contributed by atoms with Crippen LogP contribution in [0.2, 0.25) is 0 Å². The first-order chi connectivity index (χ1) is 13.4. The smallest absolute Gasteiger partial charge is 0.282 e. The van der Waals surface area contributed by atoms with Crippen molar-refractivity contribution < 1.29 is 13.5 Å². The number of anilines is 1. The Kier molecular flexibility index (Phi) is 6.16. The molecule has 0 unspecified atom stereocenters. The third-order valence-electron chi connectivity index (χ3n) is 4.09. The fourth-order valence-electron chi connectivity index (χ4n) is 2.72. The van der Waals surface area contributed by atoms with E-state index in [2.05, 4.69) is 20.3 Å². The summed E-state index contributed by atoms with van der Waals surface area (Å²) in [6.45, 7) is 2.31. The van der Waals surface area contributed by atoms with E-state index in [9.17, 15) is 13.5 Å². The molecule has 2 aromatic carbocycles. The number of sulfonamides is 1. The van der Waals surface area contributed by atoms with E-state index in [1.54, 1.807) is 35.3 Å². The molecule has 3 rings (SSSR count). The van der Waals surface area contributed by atoms with E-state index in [1.807, 2.05) is 37.3 Å². The van der Waals surface area contributed by atoms with Crippen LogP contribution < -0.4 is 10.0 Å². The first-order valence-corrected chi connectivity index (χ1v) is 10.8. The van der Waals surface area contributed by atoms with Crippen LogP contribution in [0.15, 0.2) is 104 Å². The summed E-state index contributed by atoms with van der Waals surface area (Å²) in [4.78, 5) is 1.65. The first kappa shape index (κ1) is 20.1. The second-order valence-electron chi connectivity index (χ2n) is 5.92. The standard InChI is InChI=1S/C21H19BrN2O3S/c1-2-24(17-8-4-3-5-9-17)21(25)19-10-6-7-11-20(19)23-28(26,27)18-14-12-16(22)13-15-18/h3-15,25H,2H2,1H3/p-1. The molecule has 0 N–H and O–H groups in total. The van der Waals surface area contributed by atoms with Gasteiger partial charge in [-0.3, -0.25) is 0 Å². The van der Waals surface area contributed by atoms with Gasteiger partial charge in [0.1, 0.15) is 0 Å². The van der Waals surface area contributed by atoms with Gasteiger partial charge in [0.25, 0.3) is 10.0 Å². The average molecular weight is 458 g/mol. The topological polar surface area (TPSA) is 72.8 Å². The molecule has 0 radical (unpaired) electrons. The molecular weight excluding hydrogens is 440 g/mol. The van der Waals surface area contributed by atoms with Gasteiger partial charge < -0.3 is 10.0 Å². The Morgan fingerprint density at radius 2 is 1.68 bits per heavy atom. The van der Waals surface area contributed by atoms with Gasteiger partial charge in [0, 0.05) is 22.3 Å². The van der Waals surface area contributed by atoms with E-state index in [4.69, 9.17) is 0 Å². The molecule has 1 aliphatic rings. The van der Waals surface area contributed by atoms with E-state index in [-0.39, 0.29) is 22.1 Å². The molecule has 0 spiro atoms. The van der Waals surface area contributed by atoms with Crippen LogP contribution in [0.25, 0.3) is 0 Å². The second-order valence-corrected chi connectivity index (χ2v) is 8.44. The predicted molar refractivity (Wildman–Crippen MR) is 114 cm³/mol. The number of allylic oxidation sites excluding steroid dienone is 5.